The Balaban J connectivity index is 1.49. The molecule has 1 atom stereocenters. The summed E-state index contributed by atoms with van der Waals surface area (Å²) in [4.78, 5) is 18.9. The van der Waals surface area contributed by atoms with Crippen LogP contribution >= 0.6 is 0 Å². The monoisotopic (exact) mass is 188 g/mol. The van der Waals surface area contributed by atoms with Crippen LogP contribution in [0, 0.1) is 0 Å². The van der Waals surface area contributed by atoms with Gasteiger partial charge in [0.1, 0.15) is 0 Å². The van der Waals surface area contributed by atoms with E-state index in [0.29, 0.717) is 0 Å². The zero-order chi connectivity index (χ0) is 9.15. The van der Waals surface area contributed by atoms with Crippen LogP contribution in [0.15, 0.2) is 0 Å². The third kappa shape index (κ3) is 2.02. The van der Waals surface area contributed by atoms with Crippen LogP contribution in [-0.2, 0) is 19.6 Å². The quantitative estimate of drug-likeness (QED) is 0.364. The molecular weight excluding hydrogens is 172 g/mol. The summed E-state index contributed by atoms with van der Waals surface area (Å²) in [6, 6.07) is 0. The fourth-order valence-corrected chi connectivity index (χ4v) is 1.53. The van der Waals surface area contributed by atoms with Gasteiger partial charge in [-0.1, -0.05) is 39.0 Å². The molecule has 2 rings (SSSR count). The van der Waals surface area contributed by atoms with Crippen molar-refractivity contribution in [2.45, 2.75) is 57.5 Å². The highest BCUT2D eigenvalue weighted by Crippen LogP contribution is 2.46. The second kappa shape index (κ2) is 3.92. The molecular formula is C9H16O4. The summed E-state index contributed by atoms with van der Waals surface area (Å²) < 4.78 is 0. The molecule has 0 radical (unpaired) electrons. The maximum atomic E-state index is 4.87. The van der Waals surface area contributed by atoms with E-state index < -0.39 is 5.97 Å². The Morgan fingerprint density at radius 2 is 1.77 bits per heavy atom. The van der Waals surface area contributed by atoms with Gasteiger partial charge in [0.25, 0.3) is 0 Å². The maximum absolute atomic E-state index is 4.87. The smallest absolute Gasteiger partial charge is 0.219 e. The molecule has 0 aliphatic carbocycles. The molecule has 1 spiro atoms. The van der Waals surface area contributed by atoms with Crippen molar-refractivity contribution in [3.8, 4) is 0 Å². The van der Waals surface area contributed by atoms with Gasteiger partial charge in [0.15, 0.2) is 6.10 Å². The van der Waals surface area contributed by atoms with Crippen LogP contribution < -0.4 is 0 Å². The van der Waals surface area contributed by atoms with E-state index >= 15 is 0 Å². The molecule has 1 unspecified atom stereocenters. The van der Waals surface area contributed by atoms with Crippen LogP contribution in [0.2, 0.25) is 0 Å². The van der Waals surface area contributed by atoms with E-state index in [1.807, 2.05) is 0 Å². The van der Waals surface area contributed by atoms with Crippen molar-refractivity contribution in [3.63, 3.8) is 0 Å². The molecule has 2 saturated heterocycles. The first kappa shape index (κ1) is 9.40. The Kier molecular flexibility index (Phi) is 2.83. The van der Waals surface area contributed by atoms with Gasteiger partial charge in [0, 0.05) is 0 Å². The van der Waals surface area contributed by atoms with Crippen molar-refractivity contribution in [2.75, 3.05) is 0 Å². The fraction of sp³-hybridized carbons (Fsp3) is 1.00. The van der Waals surface area contributed by atoms with Crippen molar-refractivity contribution >= 4 is 0 Å². The van der Waals surface area contributed by atoms with Gasteiger partial charge in [0.2, 0.25) is 0 Å². The van der Waals surface area contributed by atoms with Crippen LogP contribution in [0.4, 0.5) is 0 Å². The Morgan fingerprint density at radius 3 is 2.31 bits per heavy atom. The van der Waals surface area contributed by atoms with Gasteiger partial charge >= 0.3 is 5.97 Å². The number of hydrogen-bond acceptors (Lipinski definition) is 4. The molecule has 0 aromatic rings. The molecule has 4 heteroatoms. The highest BCUT2D eigenvalue weighted by Gasteiger charge is 2.68. The molecule has 0 N–H and O–H groups in total. The Labute approximate surface area is 78.0 Å². The van der Waals surface area contributed by atoms with Gasteiger partial charge in [-0.15, -0.1) is 0 Å². The van der Waals surface area contributed by atoms with E-state index in [2.05, 4.69) is 21.6 Å². The molecule has 76 valence electrons. The first-order valence-corrected chi connectivity index (χ1v) is 5.09. The molecule has 13 heavy (non-hydrogen) atoms. The van der Waals surface area contributed by atoms with E-state index in [1.54, 1.807) is 0 Å². The lowest BCUT2D eigenvalue weighted by atomic mass is 10.1. The van der Waals surface area contributed by atoms with E-state index in [1.165, 1.54) is 25.7 Å². The molecule has 2 aliphatic rings. The lowest BCUT2D eigenvalue weighted by molar-refractivity contribution is -0.516. The predicted molar refractivity (Wildman–Crippen MR) is 44.2 cm³/mol. The van der Waals surface area contributed by atoms with Gasteiger partial charge in [0.05, 0.1) is 0 Å². The molecule has 0 aromatic heterocycles. The van der Waals surface area contributed by atoms with Crippen LogP contribution in [0.25, 0.3) is 0 Å². The number of hydrogen-bond donors (Lipinski definition) is 0. The Bertz CT molecular complexity index is 167. The average Bonchev–Trinajstić information content (AvgIpc) is 2.90. The largest absolute Gasteiger partial charge is 0.394 e. The number of rotatable bonds is 6. The summed E-state index contributed by atoms with van der Waals surface area (Å²) in [7, 11) is 0. The SMILES string of the molecule is CCCCCCCC1OOC12OO2. The first-order chi connectivity index (χ1) is 6.37. The minimum Gasteiger partial charge on any atom is -0.219 e. The summed E-state index contributed by atoms with van der Waals surface area (Å²) in [6.07, 6.45) is 7.27. The first-order valence-electron chi connectivity index (χ1n) is 5.09. The molecule has 0 saturated carbocycles. The van der Waals surface area contributed by atoms with Gasteiger partial charge in [-0.2, -0.15) is 14.7 Å². The normalized spacial score (nSPS) is 28.8. The third-order valence-corrected chi connectivity index (χ3v) is 2.49. The van der Waals surface area contributed by atoms with Crippen LogP contribution in [0.3, 0.4) is 0 Å². The topological polar surface area (TPSA) is 43.5 Å². The van der Waals surface area contributed by atoms with Gasteiger partial charge < -0.3 is 0 Å². The highest BCUT2D eigenvalue weighted by atomic mass is 17.5. The predicted octanol–water partition coefficient (Wildman–Crippen LogP) is 2.29. The molecule has 4 nitrogen and oxygen atoms in total. The second-order valence-electron chi connectivity index (χ2n) is 3.64. The summed E-state index contributed by atoms with van der Waals surface area (Å²) >= 11 is 0. The van der Waals surface area contributed by atoms with E-state index in [-0.39, 0.29) is 6.10 Å². The van der Waals surface area contributed by atoms with Crippen LogP contribution in [0.5, 0.6) is 0 Å². The maximum Gasteiger partial charge on any atom is 0.394 e. The summed E-state index contributed by atoms with van der Waals surface area (Å²) in [6.45, 7) is 2.21. The molecule has 0 amide bonds. The van der Waals surface area contributed by atoms with Crippen molar-refractivity contribution in [1.82, 2.24) is 0 Å². The van der Waals surface area contributed by atoms with Gasteiger partial charge in [-0.25, -0.2) is 4.89 Å². The van der Waals surface area contributed by atoms with Crippen molar-refractivity contribution in [1.29, 1.82) is 0 Å². The number of unbranched alkanes of at least 4 members (excludes halogenated alkanes) is 4. The van der Waals surface area contributed by atoms with Crippen molar-refractivity contribution < 1.29 is 19.6 Å². The van der Waals surface area contributed by atoms with Gasteiger partial charge in [-0.05, 0) is 6.42 Å². The molecule has 0 bridgehead atoms. The summed E-state index contributed by atoms with van der Waals surface area (Å²) in [5, 5.41) is 0. The molecule has 2 heterocycles. The molecule has 2 fully saturated rings. The lowest BCUT2D eigenvalue weighted by Crippen LogP contribution is -2.46. The van der Waals surface area contributed by atoms with Gasteiger partial charge in [-0.3, -0.25) is 0 Å². The highest BCUT2D eigenvalue weighted by molar-refractivity contribution is 4.78. The Morgan fingerprint density at radius 1 is 1.00 bits per heavy atom. The van der Waals surface area contributed by atoms with E-state index in [0.717, 1.165) is 12.8 Å². The summed E-state index contributed by atoms with van der Waals surface area (Å²) in [5.74, 6) is -0.787. The third-order valence-electron chi connectivity index (χ3n) is 2.49. The minimum absolute atomic E-state index is 0.00544. The average molecular weight is 188 g/mol. The van der Waals surface area contributed by atoms with Crippen molar-refractivity contribution in [2.24, 2.45) is 0 Å². The fourth-order valence-electron chi connectivity index (χ4n) is 1.53. The Hall–Kier alpha value is -0.160. The lowest BCUT2D eigenvalue weighted by Gasteiger charge is -2.27. The summed E-state index contributed by atoms with van der Waals surface area (Å²) in [5.41, 5.74) is 0. The standard InChI is InChI=1S/C9H16O4/c1-2-3-4-5-6-7-8-9(11-10-8)12-13-9/h8H,2-7H2,1H3. The zero-order valence-corrected chi connectivity index (χ0v) is 7.95. The molecule has 2 aliphatic heterocycles. The zero-order valence-electron chi connectivity index (χ0n) is 7.95. The van der Waals surface area contributed by atoms with E-state index in [4.69, 9.17) is 4.89 Å². The second-order valence-corrected chi connectivity index (χ2v) is 3.64. The van der Waals surface area contributed by atoms with Crippen LogP contribution in [-0.4, -0.2) is 12.1 Å². The molecule has 0 aromatic carbocycles. The van der Waals surface area contributed by atoms with Crippen molar-refractivity contribution in [3.05, 3.63) is 0 Å². The minimum atomic E-state index is -0.787. The van der Waals surface area contributed by atoms with E-state index in [9.17, 15) is 0 Å². The van der Waals surface area contributed by atoms with Crippen LogP contribution in [0.1, 0.15) is 45.4 Å².